The summed E-state index contributed by atoms with van der Waals surface area (Å²) in [5, 5.41) is 6.06. The first kappa shape index (κ1) is 20.0. The molecule has 160 valence electrons. The molecule has 0 radical (unpaired) electrons. The zero-order chi connectivity index (χ0) is 22.1. The molecule has 0 saturated carbocycles. The Hall–Kier alpha value is -3.92. The Morgan fingerprint density at radius 2 is 1.84 bits per heavy atom. The maximum Gasteiger partial charge on any atom is 0.266 e. The number of imidazole rings is 1. The van der Waals surface area contributed by atoms with Crippen molar-refractivity contribution in [1.29, 1.82) is 0 Å². The van der Waals surface area contributed by atoms with E-state index < -0.39 is 0 Å². The minimum absolute atomic E-state index is 0.129. The second kappa shape index (κ2) is 8.31. The lowest BCUT2D eigenvalue weighted by molar-refractivity contribution is -0.118. The molecule has 1 amide bonds. The molecule has 0 saturated heterocycles. The molecule has 5 rings (SSSR count). The predicted molar refractivity (Wildman–Crippen MR) is 122 cm³/mol. The van der Waals surface area contributed by atoms with E-state index in [-0.39, 0.29) is 17.2 Å². The summed E-state index contributed by atoms with van der Waals surface area (Å²) >= 11 is 1.23. The van der Waals surface area contributed by atoms with E-state index in [1.54, 1.807) is 0 Å². The molecule has 0 unspecified atom stereocenters. The molecule has 0 aliphatic carbocycles. The van der Waals surface area contributed by atoms with Crippen LogP contribution >= 0.6 is 11.8 Å². The first-order chi connectivity index (χ1) is 15.6. The third-order valence-electron chi connectivity index (χ3n) is 5.01. The number of hydrogen-bond donors (Lipinski definition) is 2. The van der Waals surface area contributed by atoms with Crippen molar-refractivity contribution in [3.63, 3.8) is 0 Å². The van der Waals surface area contributed by atoms with Gasteiger partial charge in [-0.15, -0.1) is 0 Å². The normalized spacial score (nSPS) is 11.3. The molecule has 0 atom stereocenters. The van der Waals surface area contributed by atoms with E-state index in [1.165, 1.54) is 22.3 Å². The summed E-state index contributed by atoms with van der Waals surface area (Å²) in [5.41, 5.74) is 2.91. The zero-order valence-electron chi connectivity index (χ0n) is 17.1. The van der Waals surface area contributed by atoms with Gasteiger partial charge in [0.25, 0.3) is 5.56 Å². The number of nitrogens with one attached hydrogen (secondary N) is 2. The first-order valence-corrected chi connectivity index (χ1v) is 10.9. The number of benzene rings is 2. The number of aromatic nitrogens is 6. The van der Waals surface area contributed by atoms with E-state index in [2.05, 4.69) is 25.4 Å². The van der Waals surface area contributed by atoms with Crippen LogP contribution in [0.25, 0.3) is 28.1 Å². The SMILES string of the molecule is Cn1c(CNC(=O)CSc2nc(-c3ccccc3)nc3cc(=O)[nH]n23)nc2ccccc21. The van der Waals surface area contributed by atoms with Crippen LogP contribution in [0, 0.1) is 0 Å². The number of hydrogen-bond acceptors (Lipinski definition) is 6. The summed E-state index contributed by atoms with van der Waals surface area (Å²) in [5.74, 6) is 1.23. The minimum Gasteiger partial charge on any atom is -0.348 e. The van der Waals surface area contributed by atoms with Crippen molar-refractivity contribution in [3.05, 3.63) is 76.8 Å². The van der Waals surface area contributed by atoms with Crippen molar-refractivity contribution < 1.29 is 4.79 Å². The van der Waals surface area contributed by atoms with Crippen LogP contribution in [0.3, 0.4) is 0 Å². The Bertz CT molecular complexity index is 1490. The first-order valence-electron chi connectivity index (χ1n) is 9.93. The van der Waals surface area contributed by atoms with Crippen molar-refractivity contribution in [1.82, 2.24) is 34.4 Å². The van der Waals surface area contributed by atoms with Crippen molar-refractivity contribution in [3.8, 4) is 11.4 Å². The van der Waals surface area contributed by atoms with Gasteiger partial charge in [-0.1, -0.05) is 54.2 Å². The quantitative estimate of drug-likeness (QED) is 0.388. The number of amides is 1. The maximum absolute atomic E-state index is 12.5. The fourth-order valence-corrected chi connectivity index (χ4v) is 4.19. The van der Waals surface area contributed by atoms with Crippen LogP contribution in [0.15, 0.2) is 70.6 Å². The fraction of sp³-hybridized carbons (Fsp3) is 0.136. The molecule has 9 nitrogen and oxygen atoms in total. The molecule has 0 aliphatic rings. The molecule has 0 bridgehead atoms. The van der Waals surface area contributed by atoms with Crippen molar-refractivity contribution >= 4 is 34.3 Å². The van der Waals surface area contributed by atoms with Gasteiger partial charge in [-0.2, -0.15) is 0 Å². The van der Waals surface area contributed by atoms with Crippen LogP contribution in [-0.2, 0) is 18.4 Å². The highest BCUT2D eigenvalue weighted by molar-refractivity contribution is 7.99. The van der Waals surface area contributed by atoms with E-state index >= 15 is 0 Å². The molecule has 0 fully saturated rings. The number of para-hydroxylation sites is 2. The number of rotatable bonds is 6. The standard InChI is InChI=1S/C22H19N7O2S/c1-28-16-10-6-5-9-15(16)24-18(28)12-23-20(31)13-32-22-26-21(14-7-3-2-4-8-14)25-17-11-19(30)27-29(17)22/h2-11H,12-13H2,1H3,(H,23,31)(H,27,30). The Kier molecular flexibility index (Phi) is 5.20. The Morgan fingerprint density at radius 3 is 2.66 bits per heavy atom. The van der Waals surface area contributed by atoms with Crippen molar-refractivity contribution in [2.24, 2.45) is 7.05 Å². The van der Waals surface area contributed by atoms with Gasteiger partial charge >= 0.3 is 0 Å². The highest BCUT2D eigenvalue weighted by Gasteiger charge is 2.14. The number of aromatic amines is 1. The number of carbonyl (C=O) groups excluding carboxylic acids is 1. The zero-order valence-corrected chi connectivity index (χ0v) is 18.0. The van der Waals surface area contributed by atoms with Crippen molar-refractivity contribution in [2.75, 3.05) is 5.75 Å². The number of H-pyrrole nitrogens is 1. The summed E-state index contributed by atoms with van der Waals surface area (Å²) in [6.07, 6.45) is 0. The Balaban J connectivity index is 1.32. The molecule has 3 aromatic heterocycles. The van der Waals surface area contributed by atoms with Gasteiger partial charge in [0, 0.05) is 18.7 Å². The van der Waals surface area contributed by atoms with Crippen LogP contribution in [0.1, 0.15) is 5.82 Å². The third-order valence-corrected chi connectivity index (χ3v) is 5.95. The summed E-state index contributed by atoms with van der Waals surface area (Å²) in [6, 6.07) is 18.7. The summed E-state index contributed by atoms with van der Waals surface area (Å²) in [6.45, 7) is 0.319. The van der Waals surface area contributed by atoms with E-state index in [0.717, 1.165) is 22.4 Å². The van der Waals surface area contributed by atoms with Crippen LogP contribution in [-0.4, -0.2) is 40.8 Å². The number of fused-ring (bicyclic) bond motifs is 2. The molecule has 2 aromatic carbocycles. The molecule has 0 aliphatic heterocycles. The van der Waals surface area contributed by atoms with Gasteiger partial charge in [0.15, 0.2) is 16.6 Å². The van der Waals surface area contributed by atoms with Gasteiger partial charge in [-0.05, 0) is 12.1 Å². The lowest BCUT2D eigenvalue weighted by Crippen LogP contribution is -2.26. The topological polar surface area (TPSA) is 110 Å². The molecule has 0 spiro atoms. The van der Waals surface area contributed by atoms with E-state index in [0.29, 0.717) is 23.2 Å². The molecule has 32 heavy (non-hydrogen) atoms. The number of carbonyl (C=O) groups is 1. The van der Waals surface area contributed by atoms with Crippen LogP contribution in [0.5, 0.6) is 0 Å². The highest BCUT2D eigenvalue weighted by atomic mass is 32.2. The fourth-order valence-electron chi connectivity index (χ4n) is 3.41. The van der Waals surface area contributed by atoms with Crippen molar-refractivity contribution in [2.45, 2.75) is 11.7 Å². The van der Waals surface area contributed by atoms with Crippen LogP contribution in [0.2, 0.25) is 0 Å². The number of nitrogens with zero attached hydrogens (tertiary/aromatic N) is 5. The highest BCUT2D eigenvalue weighted by Crippen LogP contribution is 2.21. The smallest absolute Gasteiger partial charge is 0.266 e. The van der Waals surface area contributed by atoms with Crippen LogP contribution < -0.4 is 10.9 Å². The monoisotopic (exact) mass is 445 g/mol. The molecule has 3 heterocycles. The summed E-state index contributed by atoms with van der Waals surface area (Å²) < 4.78 is 3.46. The lowest BCUT2D eigenvalue weighted by atomic mass is 10.2. The minimum atomic E-state index is -0.280. The van der Waals surface area contributed by atoms with Gasteiger partial charge in [0.05, 0.1) is 23.3 Å². The molecule has 5 aromatic rings. The third kappa shape index (κ3) is 3.87. The Morgan fingerprint density at radius 1 is 1.06 bits per heavy atom. The lowest BCUT2D eigenvalue weighted by Gasteiger charge is -2.08. The maximum atomic E-state index is 12.5. The van der Waals surface area contributed by atoms with E-state index in [4.69, 9.17) is 0 Å². The predicted octanol–water partition coefficient (Wildman–Crippen LogP) is 2.38. The summed E-state index contributed by atoms with van der Waals surface area (Å²) in [7, 11) is 1.93. The molecule has 2 N–H and O–H groups in total. The average molecular weight is 446 g/mol. The van der Waals surface area contributed by atoms with Gasteiger partial charge in [-0.3, -0.25) is 14.7 Å². The van der Waals surface area contributed by atoms with Gasteiger partial charge < -0.3 is 9.88 Å². The van der Waals surface area contributed by atoms with Crippen LogP contribution in [0.4, 0.5) is 0 Å². The average Bonchev–Trinajstić information content (AvgIpc) is 3.35. The number of thioether (sulfide) groups is 1. The van der Waals surface area contributed by atoms with Gasteiger partial charge in [0.2, 0.25) is 5.91 Å². The second-order valence-electron chi connectivity index (χ2n) is 7.15. The Labute approximate surface area is 186 Å². The van der Waals surface area contributed by atoms with E-state index in [9.17, 15) is 9.59 Å². The van der Waals surface area contributed by atoms with Gasteiger partial charge in [-0.25, -0.2) is 19.5 Å². The second-order valence-corrected chi connectivity index (χ2v) is 8.09. The van der Waals surface area contributed by atoms with Gasteiger partial charge in [0.1, 0.15) is 5.82 Å². The molecular weight excluding hydrogens is 426 g/mol. The van der Waals surface area contributed by atoms with E-state index in [1.807, 2.05) is 66.2 Å². The molecular formula is C22H19N7O2S. The largest absolute Gasteiger partial charge is 0.348 e. The summed E-state index contributed by atoms with van der Waals surface area (Å²) in [4.78, 5) is 38.0. The number of aryl methyl sites for hydroxylation is 1. The molecule has 10 heteroatoms.